The summed E-state index contributed by atoms with van der Waals surface area (Å²) < 4.78 is 5.38. The van der Waals surface area contributed by atoms with E-state index in [1.165, 1.54) is 0 Å². The number of imidazole rings is 1. The third-order valence-electron chi connectivity index (χ3n) is 7.78. The van der Waals surface area contributed by atoms with Crippen LogP contribution in [0.15, 0.2) is 72.2 Å². The van der Waals surface area contributed by atoms with Gasteiger partial charge in [0.2, 0.25) is 0 Å². The number of fused-ring (bicyclic) bond motifs is 1. The summed E-state index contributed by atoms with van der Waals surface area (Å²) in [4.78, 5) is 35.3. The minimum Gasteiger partial charge on any atom is -0.349 e. The van der Waals surface area contributed by atoms with Gasteiger partial charge in [-0.05, 0) is 62.8 Å². The van der Waals surface area contributed by atoms with E-state index in [4.69, 9.17) is 11.6 Å². The molecule has 0 aliphatic heterocycles. The fraction of sp³-hybridized carbons (Fsp3) is 0.300. The van der Waals surface area contributed by atoms with Crippen LogP contribution in [-0.4, -0.2) is 40.8 Å². The Bertz CT molecular complexity index is 1760. The van der Waals surface area contributed by atoms with Gasteiger partial charge in [-0.25, -0.2) is 4.79 Å². The van der Waals surface area contributed by atoms with Crippen molar-refractivity contribution in [3.8, 4) is 16.8 Å². The lowest BCUT2D eigenvalue weighted by molar-refractivity contribution is 0.0919. The first-order valence-electron chi connectivity index (χ1n) is 13.4. The molecule has 0 spiro atoms. The van der Waals surface area contributed by atoms with E-state index in [1.807, 2.05) is 55.1 Å². The summed E-state index contributed by atoms with van der Waals surface area (Å²) in [5, 5.41) is 7.86. The second-order valence-electron chi connectivity index (χ2n) is 10.5. The monoisotopic (exact) mass is 555 g/mol. The van der Waals surface area contributed by atoms with Crippen LogP contribution in [0.4, 0.5) is 0 Å². The maximum absolute atomic E-state index is 13.8. The average molecular weight is 556 g/mol. The summed E-state index contributed by atoms with van der Waals surface area (Å²) in [6.07, 6.45) is 12.3. The molecule has 0 radical (unpaired) electrons. The summed E-state index contributed by atoms with van der Waals surface area (Å²) in [5.74, 6) is 0.192. The van der Waals surface area contributed by atoms with Gasteiger partial charge in [0, 0.05) is 49.4 Å². The molecule has 1 saturated carbocycles. The number of nitrogens with zero attached hydrogens (tertiary/aromatic N) is 6. The molecule has 1 aromatic carbocycles. The molecule has 0 unspecified atom stereocenters. The largest absolute Gasteiger partial charge is 0.349 e. The van der Waals surface area contributed by atoms with Crippen LogP contribution < -0.4 is 11.0 Å². The highest BCUT2D eigenvalue weighted by Crippen LogP contribution is 2.28. The average Bonchev–Trinajstić information content (AvgIpc) is 3.52. The lowest BCUT2D eigenvalue weighted by Gasteiger charge is -2.29. The Morgan fingerprint density at radius 2 is 1.80 bits per heavy atom. The molecule has 0 atom stereocenters. The molecule has 5 aromatic rings. The van der Waals surface area contributed by atoms with Crippen LogP contribution in [0.1, 0.15) is 41.7 Å². The maximum atomic E-state index is 13.8. The summed E-state index contributed by atoms with van der Waals surface area (Å²) in [7, 11) is 1.87. The summed E-state index contributed by atoms with van der Waals surface area (Å²) in [6, 6.07) is 11.6. The van der Waals surface area contributed by atoms with E-state index in [0.29, 0.717) is 28.7 Å². The topological polar surface area (TPSA) is 99.6 Å². The van der Waals surface area contributed by atoms with Crippen LogP contribution >= 0.6 is 11.6 Å². The number of benzene rings is 1. The van der Waals surface area contributed by atoms with Crippen molar-refractivity contribution >= 4 is 28.5 Å². The SMILES string of the molecule is Cc1ncc(Cl)cc1C(=O)N[C@H]1CC[C@H](Cn2c(=O)n(-c3cncc(-c4cnn(C)c4)c3)c3ccccc32)CC1. The molecule has 204 valence electrons. The zero-order valence-electron chi connectivity index (χ0n) is 22.4. The Kier molecular flexibility index (Phi) is 6.98. The number of aromatic nitrogens is 6. The molecule has 1 fully saturated rings. The Morgan fingerprint density at radius 1 is 1.02 bits per heavy atom. The Morgan fingerprint density at radius 3 is 2.55 bits per heavy atom. The first-order chi connectivity index (χ1) is 19.4. The van der Waals surface area contributed by atoms with Crippen molar-refractivity contribution in [3.63, 3.8) is 0 Å². The lowest BCUT2D eigenvalue weighted by Crippen LogP contribution is -2.39. The Hall–Kier alpha value is -4.24. The van der Waals surface area contributed by atoms with Crippen molar-refractivity contribution in [2.45, 2.75) is 45.2 Å². The standard InChI is InChI=1S/C30H30ClN7O2/c1-19-26(12-23(31)15-33-19)29(39)35-24-9-7-20(8-10-24)17-37-27-5-3-4-6-28(27)38(30(37)40)25-11-21(13-32-16-25)22-14-34-36(2)18-22/h3-6,11-16,18,20,24H,7-10,17H2,1-2H3,(H,35,39)/t20-,24-. The number of amides is 1. The van der Waals surface area contributed by atoms with Gasteiger partial charge < -0.3 is 5.32 Å². The second kappa shape index (κ2) is 10.7. The van der Waals surface area contributed by atoms with Crippen LogP contribution in [0.2, 0.25) is 5.02 Å². The molecule has 1 aliphatic rings. The van der Waals surface area contributed by atoms with Gasteiger partial charge >= 0.3 is 5.69 Å². The molecule has 4 heterocycles. The first-order valence-corrected chi connectivity index (χ1v) is 13.8. The third kappa shape index (κ3) is 5.04. The smallest absolute Gasteiger partial charge is 0.333 e. The van der Waals surface area contributed by atoms with Crippen LogP contribution in [0, 0.1) is 12.8 Å². The fourth-order valence-corrected chi connectivity index (χ4v) is 5.82. The van der Waals surface area contributed by atoms with Gasteiger partial charge in [0.15, 0.2) is 0 Å². The molecule has 0 bridgehead atoms. The van der Waals surface area contributed by atoms with E-state index in [1.54, 1.807) is 40.1 Å². The van der Waals surface area contributed by atoms with Gasteiger partial charge in [-0.3, -0.25) is 28.6 Å². The normalized spacial score (nSPS) is 17.3. The van der Waals surface area contributed by atoms with Crippen LogP contribution in [-0.2, 0) is 13.6 Å². The molecule has 0 saturated heterocycles. The number of hydrogen-bond donors (Lipinski definition) is 1. The number of carbonyl (C=O) groups is 1. The number of para-hydroxylation sites is 2. The molecular formula is C30H30ClN7O2. The molecule has 4 aromatic heterocycles. The highest BCUT2D eigenvalue weighted by molar-refractivity contribution is 6.30. The highest BCUT2D eigenvalue weighted by atomic mass is 35.5. The number of carbonyl (C=O) groups excluding carboxylic acids is 1. The predicted molar refractivity (Wildman–Crippen MR) is 155 cm³/mol. The zero-order valence-corrected chi connectivity index (χ0v) is 23.2. The second-order valence-corrected chi connectivity index (χ2v) is 11.0. The molecule has 1 amide bonds. The number of aryl methyl sites for hydroxylation is 2. The predicted octanol–water partition coefficient (Wildman–Crippen LogP) is 4.93. The molecule has 40 heavy (non-hydrogen) atoms. The van der Waals surface area contributed by atoms with Crippen LogP contribution in [0.25, 0.3) is 27.8 Å². The van der Waals surface area contributed by atoms with Gasteiger partial charge in [0.25, 0.3) is 5.91 Å². The van der Waals surface area contributed by atoms with Crippen molar-refractivity contribution in [3.05, 3.63) is 94.1 Å². The minimum atomic E-state index is -0.141. The van der Waals surface area contributed by atoms with Gasteiger partial charge in [0.1, 0.15) is 0 Å². The van der Waals surface area contributed by atoms with Crippen LogP contribution in [0.3, 0.4) is 0 Å². The number of hydrogen-bond acceptors (Lipinski definition) is 5. The van der Waals surface area contributed by atoms with Gasteiger partial charge in [-0.1, -0.05) is 23.7 Å². The number of halogens is 1. The summed E-state index contributed by atoms with van der Waals surface area (Å²) in [5.41, 5.74) is 5.41. The van der Waals surface area contributed by atoms with Crippen molar-refractivity contribution < 1.29 is 4.79 Å². The molecule has 10 heteroatoms. The van der Waals surface area contributed by atoms with Crippen molar-refractivity contribution in [1.29, 1.82) is 0 Å². The number of nitrogens with one attached hydrogen (secondary N) is 1. The zero-order chi connectivity index (χ0) is 27.8. The van der Waals surface area contributed by atoms with Gasteiger partial charge in [-0.2, -0.15) is 5.10 Å². The summed E-state index contributed by atoms with van der Waals surface area (Å²) >= 11 is 6.05. The molecular weight excluding hydrogens is 526 g/mol. The number of rotatable bonds is 6. The fourth-order valence-electron chi connectivity index (χ4n) is 5.66. The number of pyridine rings is 2. The lowest BCUT2D eigenvalue weighted by atomic mass is 9.85. The van der Waals surface area contributed by atoms with Gasteiger partial charge in [-0.15, -0.1) is 0 Å². The van der Waals surface area contributed by atoms with E-state index in [0.717, 1.165) is 53.5 Å². The molecule has 1 N–H and O–H groups in total. The third-order valence-corrected chi connectivity index (χ3v) is 7.98. The quantitative estimate of drug-likeness (QED) is 0.320. The Labute approximate surface area is 236 Å². The highest BCUT2D eigenvalue weighted by Gasteiger charge is 2.26. The maximum Gasteiger partial charge on any atom is 0.333 e. The summed E-state index contributed by atoms with van der Waals surface area (Å²) in [6.45, 7) is 2.43. The van der Waals surface area contributed by atoms with E-state index in [-0.39, 0.29) is 17.6 Å². The van der Waals surface area contributed by atoms with E-state index in [9.17, 15) is 9.59 Å². The minimum absolute atomic E-state index is 0.0781. The first kappa shape index (κ1) is 26.0. The van der Waals surface area contributed by atoms with Crippen molar-refractivity contribution in [2.24, 2.45) is 13.0 Å². The van der Waals surface area contributed by atoms with E-state index < -0.39 is 0 Å². The van der Waals surface area contributed by atoms with Gasteiger partial charge in [0.05, 0.1) is 45.4 Å². The molecule has 1 aliphatic carbocycles. The van der Waals surface area contributed by atoms with Crippen molar-refractivity contribution in [1.82, 2.24) is 34.2 Å². The van der Waals surface area contributed by atoms with Crippen molar-refractivity contribution in [2.75, 3.05) is 0 Å². The molecule has 6 rings (SSSR count). The van der Waals surface area contributed by atoms with Crippen LogP contribution in [0.5, 0.6) is 0 Å². The Balaban J connectivity index is 1.20. The van der Waals surface area contributed by atoms with E-state index >= 15 is 0 Å². The molecule has 9 nitrogen and oxygen atoms in total. The van der Waals surface area contributed by atoms with E-state index in [2.05, 4.69) is 20.4 Å².